The van der Waals surface area contributed by atoms with Crippen molar-refractivity contribution in [2.45, 2.75) is 66.5 Å². The fraction of sp³-hybridized carbons (Fsp3) is 0.524. The van der Waals surface area contributed by atoms with Gasteiger partial charge in [-0.1, -0.05) is 45.4 Å². The average molecular weight is 353 g/mol. The van der Waals surface area contributed by atoms with Gasteiger partial charge in [0, 0.05) is 5.69 Å². The molecule has 140 valence electrons. The maximum absolute atomic E-state index is 12.6. The number of nitrogens with one attached hydrogen (secondary N) is 1. The predicted molar refractivity (Wildman–Crippen MR) is 102 cm³/mol. The molecule has 0 unspecified atom stereocenters. The normalized spacial score (nSPS) is 14.0. The van der Waals surface area contributed by atoms with E-state index in [-0.39, 0.29) is 5.41 Å². The molecule has 1 nitrogen and oxygen atoms in total. The molecule has 0 atom stereocenters. The number of rotatable bonds is 5. The minimum Gasteiger partial charge on any atom is -0.376 e. The molecule has 0 aliphatic heterocycles. The van der Waals surface area contributed by atoms with Crippen molar-refractivity contribution in [3.63, 3.8) is 0 Å². The summed E-state index contributed by atoms with van der Waals surface area (Å²) in [6.07, 6.45) is 0.852. The van der Waals surface area contributed by atoms with E-state index in [1.807, 2.05) is 32.1 Å². The van der Waals surface area contributed by atoms with Crippen molar-refractivity contribution >= 4 is 11.3 Å². The zero-order valence-corrected chi connectivity index (χ0v) is 16.4. The van der Waals surface area contributed by atoms with Crippen LogP contribution in [0.25, 0.3) is 5.57 Å². The summed E-state index contributed by atoms with van der Waals surface area (Å²) in [5.74, 6) is 0. The van der Waals surface area contributed by atoms with Crippen LogP contribution >= 0.6 is 0 Å². The Hall–Kier alpha value is -1.71. The summed E-state index contributed by atoms with van der Waals surface area (Å²) in [5, 5.41) is 2.53. The highest BCUT2D eigenvalue weighted by atomic mass is 19.4. The molecule has 0 amide bonds. The Morgan fingerprint density at radius 3 is 2.16 bits per heavy atom. The Labute approximate surface area is 150 Å². The third-order valence-corrected chi connectivity index (χ3v) is 4.31. The molecular weight excluding hydrogens is 323 g/mol. The number of alkyl halides is 3. The van der Waals surface area contributed by atoms with E-state index in [4.69, 9.17) is 0 Å². The van der Waals surface area contributed by atoms with Crippen LogP contribution < -0.4 is 5.32 Å². The lowest BCUT2D eigenvalue weighted by molar-refractivity contribution is -0.115. The third-order valence-electron chi connectivity index (χ3n) is 4.31. The molecule has 4 heteroatoms. The summed E-state index contributed by atoms with van der Waals surface area (Å²) in [7, 11) is 0. The van der Waals surface area contributed by atoms with E-state index < -0.39 is 12.7 Å². The third kappa shape index (κ3) is 6.60. The standard InChI is InChI=1S/C21H30F3N/c1-8-14(2)9-10-15(3)18-11-17(25-13-21(22,23)24)12-19(16(18)4)20(5,6)7/h9-12,25H,8,13H2,1-7H3. The molecule has 0 saturated carbocycles. The molecule has 1 aromatic rings. The number of hydrogen-bond donors (Lipinski definition) is 1. The summed E-state index contributed by atoms with van der Waals surface area (Å²) < 4.78 is 37.7. The molecule has 0 spiro atoms. The van der Waals surface area contributed by atoms with Gasteiger partial charge in [0.05, 0.1) is 0 Å². The van der Waals surface area contributed by atoms with Gasteiger partial charge in [-0.2, -0.15) is 13.2 Å². The van der Waals surface area contributed by atoms with E-state index in [1.54, 1.807) is 0 Å². The lowest BCUT2D eigenvalue weighted by atomic mass is 9.81. The Morgan fingerprint density at radius 1 is 1.08 bits per heavy atom. The van der Waals surface area contributed by atoms with Crippen molar-refractivity contribution in [1.82, 2.24) is 0 Å². The van der Waals surface area contributed by atoms with Crippen LogP contribution in [0.3, 0.4) is 0 Å². The van der Waals surface area contributed by atoms with Crippen LogP contribution in [0, 0.1) is 6.92 Å². The maximum atomic E-state index is 12.6. The molecule has 0 fully saturated rings. The summed E-state index contributed by atoms with van der Waals surface area (Å²) in [6, 6.07) is 3.66. The van der Waals surface area contributed by atoms with Gasteiger partial charge in [0.15, 0.2) is 0 Å². The van der Waals surface area contributed by atoms with Crippen molar-refractivity contribution in [3.05, 3.63) is 46.5 Å². The molecule has 1 N–H and O–H groups in total. The maximum Gasteiger partial charge on any atom is 0.405 e. The second-order valence-corrected chi connectivity index (χ2v) is 7.63. The van der Waals surface area contributed by atoms with Crippen LogP contribution in [-0.4, -0.2) is 12.7 Å². The van der Waals surface area contributed by atoms with E-state index in [0.29, 0.717) is 5.69 Å². The van der Waals surface area contributed by atoms with Gasteiger partial charge in [0.2, 0.25) is 0 Å². The van der Waals surface area contributed by atoms with Crippen LogP contribution in [0.2, 0.25) is 0 Å². The minimum atomic E-state index is -4.24. The highest BCUT2D eigenvalue weighted by molar-refractivity contribution is 5.73. The highest BCUT2D eigenvalue weighted by Crippen LogP contribution is 2.34. The minimum absolute atomic E-state index is 0.149. The predicted octanol–water partition coefficient (Wildman–Crippen LogP) is 7.03. The lowest BCUT2D eigenvalue weighted by Crippen LogP contribution is -2.22. The number of hydrogen-bond acceptors (Lipinski definition) is 1. The molecule has 0 aliphatic rings. The molecule has 0 aliphatic carbocycles. The zero-order chi connectivity index (χ0) is 19.4. The summed E-state index contributed by atoms with van der Waals surface area (Å²) in [5.41, 5.74) is 5.82. The smallest absolute Gasteiger partial charge is 0.376 e. The van der Waals surface area contributed by atoms with Gasteiger partial charge in [-0.05, 0) is 67.0 Å². The van der Waals surface area contributed by atoms with Gasteiger partial charge in [0.1, 0.15) is 6.54 Å². The SMILES string of the molecule is CCC(C)=CC=C(C)c1cc(NCC(F)(F)F)cc(C(C)(C)C)c1C. The second-order valence-electron chi connectivity index (χ2n) is 7.63. The van der Waals surface area contributed by atoms with E-state index in [2.05, 4.69) is 46.0 Å². The molecule has 0 heterocycles. The van der Waals surface area contributed by atoms with Crippen molar-refractivity contribution in [3.8, 4) is 0 Å². The fourth-order valence-electron chi connectivity index (χ4n) is 2.68. The largest absolute Gasteiger partial charge is 0.405 e. The number of anilines is 1. The van der Waals surface area contributed by atoms with Crippen molar-refractivity contribution < 1.29 is 13.2 Å². The Bertz CT molecular complexity index is 659. The van der Waals surface area contributed by atoms with Crippen molar-refractivity contribution in [1.29, 1.82) is 0 Å². The first-order valence-corrected chi connectivity index (χ1v) is 8.65. The fourth-order valence-corrected chi connectivity index (χ4v) is 2.68. The van der Waals surface area contributed by atoms with Gasteiger partial charge < -0.3 is 5.32 Å². The van der Waals surface area contributed by atoms with Crippen molar-refractivity contribution in [2.75, 3.05) is 11.9 Å². The average Bonchev–Trinajstić information content (AvgIpc) is 2.49. The Balaban J connectivity index is 3.40. The first-order chi connectivity index (χ1) is 11.3. The van der Waals surface area contributed by atoms with Gasteiger partial charge in [-0.15, -0.1) is 0 Å². The summed E-state index contributed by atoms with van der Waals surface area (Å²) in [4.78, 5) is 0. The number of halogens is 3. The molecule has 25 heavy (non-hydrogen) atoms. The van der Waals surface area contributed by atoms with Gasteiger partial charge >= 0.3 is 6.18 Å². The van der Waals surface area contributed by atoms with Gasteiger partial charge in [-0.3, -0.25) is 0 Å². The lowest BCUT2D eigenvalue weighted by Gasteiger charge is -2.25. The van der Waals surface area contributed by atoms with E-state index in [1.165, 1.54) is 5.57 Å². The number of benzene rings is 1. The molecule has 1 rings (SSSR count). The first-order valence-electron chi connectivity index (χ1n) is 8.65. The van der Waals surface area contributed by atoms with E-state index in [0.717, 1.165) is 28.7 Å². The topological polar surface area (TPSA) is 12.0 Å². The quantitative estimate of drug-likeness (QED) is 0.560. The van der Waals surface area contributed by atoms with Gasteiger partial charge in [0.25, 0.3) is 0 Å². The molecule has 0 saturated heterocycles. The second kappa shape index (κ2) is 8.11. The Kier molecular flexibility index (Phi) is 6.92. The molecular formula is C21H30F3N. The van der Waals surface area contributed by atoms with Crippen LogP contribution in [0.15, 0.2) is 29.9 Å². The molecule has 0 radical (unpaired) electrons. The molecule has 0 bridgehead atoms. The zero-order valence-electron chi connectivity index (χ0n) is 16.4. The summed E-state index contributed by atoms with van der Waals surface area (Å²) in [6.45, 7) is 13.4. The number of allylic oxidation sites excluding steroid dienone is 4. The molecule has 1 aromatic carbocycles. The van der Waals surface area contributed by atoms with E-state index >= 15 is 0 Å². The van der Waals surface area contributed by atoms with Crippen LogP contribution in [0.5, 0.6) is 0 Å². The monoisotopic (exact) mass is 353 g/mol. The van der Waals surface area contributed by atoms with Crippen LogP contribution in [0.4, 0.5) is 18.9 Å². The summed E-state index contributed by atoms with van der Waals surface area (Å²) >= 11 is 0. The molecule has 0 aromatic heterocycles. The van der Waals surface area contributed by atoms with Crippen molar-refractivity contribution in [2.24, 2.45) is 0 Å². The highest BCUT2D eigenvalue weighted by Gasteiger charge is 2.27. The van der Waals surface area contributed by atoms with Crippen LogP contribution in [-0.2, 0) is 5.41 Å². The van der Waals surface area contributed by atoms with Crippen LogP contribution in [0.1, 0.15) is 64.7 Å². The van der Waals surface area contributed by atoms with E-state index in [9.17, 15) is 13.2 Å². The Morgan fingerprint density at radius 2 is 1.68 bits per heavy atom. The van der Waals surface area contributed by atoms with Gasteiger partial charge in [-0.25, -0.2) is 0 Å². The first kappa shape index (κ1) is 21.3.